The van der Waals surface area contributed by atoms with E-state index in [0.29, 0.717) is 31.5 Å². The van der Waals surface area contributed by atoms with Crippen molar-refractivity contribution in [3.05, 3.63) is 71.3 Å². The lowest BCUT2D eigenvalue weighted by Gasteiger charge is -2.40. The number of hydrogen-bond acceptors (Lipinski definition) is 5. The van der Waals surface area contributed by atoms with Gasteiger partial charge in [-0.1, -0.05) is 30.3 Å². The van der Waals surface area contributed by atoms with E-state index in [1.165, 1.54) is 0 Å². The van der Waals surface area contributed by atoms with Gasteiger partial charge in [-0.2, -0.15) is 0 Å². The van der Waals surface area contributed by atoms with Crippen molar-refractivity contribution >= 4 is 17.4 Å². The van der Waals surface area contributed by atoms with Crippen LogP contribution in [-0.2, 0) is 4.79 Å². The molecule has 0 unspecified atom stereocenters. The molecule has 2 aromatic rings. The van der Waals surface area contributed by atoms with Gasteiger partial charge in [-0.3, -0.25) is 15.0 Å². The van der Waals surface area contributed by atoms with Gasteiger partial charge < -0.3 is 15.2 Å². The molecule has 172 valence electrons. The second kappa shape index (κ2) is 9.00. The first-order valence-electron chi connectivity index (χ1n) is 11.6. The number of rotatable bonds is 4. The number of nitrogens with one attached hydrogen (secondary N) is 2. The summed E-state index contributed by atoms with van der Waals surface area (Å²) >= 11 is 0. The average molecular weight is 448 g/mol. The number of aliphatic carboxylic acids is 1. The normalized spacial score (nSPS) is 20.4. The van der Waals surface area contributed by atoms with Gasteiger partial charge in [-0.05, 0) is 61.3 Å². The Balaban J connectivity index is 1.33. The van der Waals surface area contributed by atoms with Crippen LogP contribution in [0.5, 0.6) is 5.75 Å². The third kappa shape index (κ3) is 4.51. The molecule has 3 aliphatic rings. The number of carboxylic acids is 1. The van der Waals surface area contributed by atoms with Crippen molar-refractivity contribution < 1.29 is 19.4 Å². The Hall–Kier alpha value is -3.16. The quantitative estimate of drug-likeness (QED) is 0.667. The average Bonchev–Trinajstić information content (AvgIpc) is 2.84. The second-order valence-corrected chi connectivity index (χ2v) is 9.09. The highest BCUT2D eigenvalue weighted by Crippen LogP contribution is 2.42. The Bertz CT molecular complexity index is 1070. The molecule has 0 bridgehead atoms. The molecule has 1 amide bonds. The molecule has 3 heterocycles. The van der Waals surface area contributed by atoms with Gasteiger partial charge in [0.25, 0.3) is 5.91 Å². The van der Waals surface area contributed by atoms with Gasteiger partial charge in [0, 0.05) is 37.1 Å². The fourth-order valence-electron chi connectivity index (χ4n) is 4.95. The highest BCUT2D eigenvalue weighted by molar-refractivity contribution is 5.94. The van der Waals surface area contributed by atoms with Gasteiger partial charge in [-0.15, -0.1) is 0 Å². The van der Waals surface area contributed by atoms with E-state index in [2.05, 4.69) is 22.9 Å². The smallest absolute Gasteiger partial charge is 0.306 e. The molecule has 2 fully saturated rings. The standard InChI is InChI=1S/C26H29N3O4/c30-24(28-29-15-9-20(10-16-29)25(31)32)19-7-5-18(6-8-19)22-17-26(11-13-27-14-12-26)33-23-4-2-1-3-21(22)23/h1-8,17,20,27H,9-16H2,(H,28,30)(H,31,32). The Morgan fingerprint density at radius 3 is 2.42 bits per heavy atom. The van der Waals surface area contributed by atoms with Crippen LogP contribution in [0.2, 0.25) is 0 Å². The van der Waals surface area contributed by atoms with E-state index in [4.69, 9.17) is 9.84 Å². The Morgan fingerprint density at radius 2 is 1.73 bits per heavy atom. The van der Waals surface area contributed by atoms with Crippen LogP contribution in [0.3, 0.4) is 0 Å². The molecule has 0 radical (unpaired) electrons. The van der Waals surface area contributed by atoms with Crippen molar-refractivity contribution in [1.82, 2.24) is 15.8 Å². The predicted molar refractivity (Wildman–Crippen MR) is 125 cm³/mol. The minimum atomic E-state index is -0.758. The van der Waals surface area contributed by atoms with E-state index in [9.17, 15) is 9.59 Å². The molecular formula is C26H29N3O4. The topological polar surface area (TPSA) is 90.9 Å². The van der Waals surface area contributed by atoms with Crippen LogP contribution in [0.25, 0.3) is 5.57 Å². The first-order valence-corrected chi connectivity index (χ1v) is 11.6. The summed E-state index contributed by atoms with van der Waals surface area (Å²) in [4.78, 5) is 23.9. The largest absolute Gasteiger partial charge is 0.482 e. The minimum Gasteiger partial charge on any atom is -0.482 e. The number of para-hydroxylation sites is 1. The molecule has 3 N–H and O–H groups in total. The first kappa shape index (κ1) is 21.7. The van der Waals surface area contributed by atoms with Crippen molar-refractivity contribution in [1.29, 1.82) is 0 Å². The van der Waals surface area contributed by atoms with E-state index < -0.39 is 5.97 Å². The number of carbonyl (C=O) groups is 2. The Kier molecular flexibility index (Phi) is 5.91. The van der Waals surface area contributed by atoms with Crippen molar-refractivity contribution in [2.45, 2.75) is 31.3 Å². The van der Waals surface area contributed by atoms with Crippen molar-refractivity contribution in [2.75, 3.05) is 26.2 Å². The fraction of sp³-hybridized carbons (Fsp3) is 0.385. The number of amides is 1. The zero-order valence-corrected chi connectivity index (χ0v) is 18.5. The van der Waals surface area contributed by atoms with E-state index >= 15 is 0 Å². The molecule has 0 aromatic heterocycles. The van der Waals surface area contributed by atoms with E-state index in [-0.39, 0.29) is 17.4 Å². The number of ether oxygens (including phenoxy) is 1. The van der Waals surface area contributed by atoms with E-state index in [1.807, 2.05) is 47.5 Å². The molecule has 7 nitrogen and oxygen atoms in total. The number of benzene rings is 2. The van der Waals surface area contributed by atoms with Crippen LogP contribution in [0.4, 0.5) is 0 Å². The van der Waals surface area contributed by atoms with E-state index in [0.717, 1.165) is 48.4 Å². The summed E-state index contributed by atoms with van der Waals surface area (Å²) in [6.45, 7) is 2.94. The third-order valence-electron chi connectivity index (χ3n) is 6.91. The molecule has 5 rings (SSSR count). The lowest BCUT2D eigenvalue weighted by molar-refractivity contribution is -0.143. The molecule has 0 atom stereocenters. The summed E-state index contributed by atoms with van der Waals surface area (Å²) < 4.78 is 6.46. The van der Waals surface area contributed by atoms with Crippen LogP contribution in [0, 0.1) is 5.92 Å². The Labute approximate surface area is 193 Å². The number of hydrazine groups is 1. The maximum atomic E-state index is 12.7. The third-order valence-corrected chi connectivity index (χ3v) is 6.91. The summed E-state index contributed by atoms with van der Waals surface area (Å²) in [6.07, 6.45) is 5.19. The molecule has 0 saturated carbocycles. The molecule has 3 aliphatic heterocycles. The van der Waals surface area contributed by atoms with Gasteiger partial charge in [0.2, 0.25) is 0 Å². The van der Waals surface area contributed by atoms with Crippen LogP contribution in [-0.4, -0.2) is 53.8 Å². The summed E-state index contributed by atoms with van der Waals surface area (Å²) in [5, 5.41) is 14.4. The zero-order chi connectivity index (χ0) is 22.8. The molecule has 2 aromatic carbocycles. The lowest BCUT2D eigenvalue weighted by atomic mass is 9.83. The molecule has 7 heteroatoms. The molecule has 2 saturated heterocycles. The Morgan fingerprint density at radius 1 is 1.03 bits per heavy atom. The van der Waals surface area contributed by atoms with Gasteiger partial charge in [0.1, 0.15) is 11.4 Å². The highest BCUT2D eigenvalue weighted by Gasteiger charge is 2.37. The zero-order valence-electron chi connectivity index (χ0n) is 18.5. The van der Waals surface area contributed by atoms with Crippen LogP contribution in [0.1, 0.15) is 47.2 Å². The summed E-state index contributed by atoms with van der Waals surface area (Å²) in [5.74, 6) is -0.349. The molecule has 0 aliphatic carbocycles. The predicted octanol–water partition coefficient (Wildman–Crippen LogP) is 3.07. The van der Waals surface area contributed by atoms with Crippen LogP contribution in [0.15, 0.2) is 54.6 Å². The molecular weight excluding hydrogens is 418 g/mol. The van der Waals surface area contributed by atoms with Crippen LogP contribution >= 0.6 is 0 Å². The minimum absolute atomic E-state index is 0.175. The number of fused-ring (bicyclic) bond motifs is 1. The number of nitrogens with zero attached hydrogens (tertiary/aromatic N) is 1. The highest BCUT2D eigenvalue weighted by atomic mass is 16.5. The molecule has 1 spiro atoms. The monoisotopic (exact) mass is 447 g/mol. The SMILES string of the molecule is O=C(NN1CCC(C(=O)O)CC1)c1ccc(C2=CC3(CCNCC3)Oc3ccccc32)cc1. The summed E-state index contributed by atoms with van der Waals surface area (Å²) in [7, 11) is 0. The van der Waals surface area contributed by atoms with Gasteiger partial charge in [0.05, 0.1) is 5.92 Å². The number of hydrogen-bond donors (Lipinski definition) is 3. The van der Waals surface area contributed by atoms with E-state index in [1.54, 1.807) is 0 Å². The molecule has 33 heavy (non-hydrogen) atoms. The number of carbonyl (C=O) groups excluding carboxylic acids is 1. The first-order chi connectivity index (χ1) is 16.0. The number of piperidine rings is 2. The fourth-order valence-corrected chi connectivity index (χ4v) is 4.95. The second-order valence-electron chi connectivity index (χ2n) is 9.09. The van der Waals surface area contributed by atoms with Gasteiger partial charge >= 0.3 is 5.97 Å². The summed E-state index contributed by atoms with van der Waals surface area (Å²) in [5.41, 5.74) is 6.47. The number of carboxylic acid groups (broad SMARTS) is 1. The van der Waals surface area contributed by atoms with Crippen molar-refractivity contribution in [3.8, 4) is 5.75 Å². The van der Waals surface area contributed by atoms with Crippen LogP contribution < -0.4 is 15.5 Å². The van der Waals surface area contributed by atoms with Gasteiger partial charge in [-0.25, -0.2) is 5.01 Å². The van der Waals surface area contributed by atoms with Gasteiger partial charge in [0.15, 0.2) is 0 Å². The maximum absolute atomic E-state index is 12.7. The lowest BCUT2D eigenvalue weighted by Crippen LogP contribution is -2.47. The maximum Gasteiger partial charge on any atom is 0.306 e. The summed E-state index contributed by atoms with van der Waals surface area (Å²) in [6, 6.07) is 15.8. The van der Waals surface area contributed by atoms with Crippen molar-refractivity contribution in [3.63, 3.8) is 0 Å². The van der Waals surface area contributed by atoms with Crippen molar-refractivity contribution in [2.24, 2.45) is 5.92 Å².